The van der Waals surface area contributed by atoms with Crippen LogP contribution in [0.2, 0.25) is 0 Å². The summed E-state index contributed by atoms with van der Waals surface area (Å²) in [6, 6.07) is 0. The van der Waals surface area contributed by atoms with Gasteiger partial charge in [-0.15, -0.1) is 0 Å². The molecule has 3 nitrogen and oxygen atoms in total. The maximum atomic E-state index is 9.03. The van der Waals surface area contributed by atoms with Crippen LogP contribution in [0.15, 0.2) is 0 Å². The number of hydrogen-bond donors (Lipinski definition) is 1. The molecular formula is H3ClNO2Ti. The fraction of sp³-hybridized carbons (Fsp3) is 0. The molecule has 0 atom stereocenters. The van der Waals surface area contributed by atoms with Crippen LogP contribution in [0.4, 0.5) is 0 Å². The van der Waals surface area contributed by atoms with Gasteiger partial charge in [0, 0.05) is 0 Å². The molecule has 0 aliphatic carbocycles. The van der Waals surface area contributed by atoms with E-state index in [9.17, 15) is 0 Å². The Bertz CT molecular complexity index is 58.0. The molecule has 0 aliphatic heterocycles. The van der Waals surface area contributed by atoms with Crippen molar-refractivity contribution in [1.29, 1.82) is 0 Å². The monoisotopic (exact) mass is 132 g/mol. The van der Waals surface area contributed by atoms with Gasteiger partial charge < -0.3 is 12.4 Å². The molecule has 5 heavy (non-hydrogen) atoms. The van der Waals surface area contributed by atoms with E-state index in [1.807, 2.05) is 0 Å². The van der Waals surface area contributed by atoms with E-state index in [-0.39, 0.29) is 12.4 Å². The van der Waals surface area contributed by atoms with Crippen LogP contribution in [0, 0.1) is 0 Å². The van der Waals surface area contributed by atoms with E-state index in [1.54, 1.807) is 0 Å². The van der Waals surface area contributed by atoms with Crippen LogP contribution in [0.3, 0.4) is 0 Å². The Kier molecular flexibility index (Phi) is 8.33. The van der Waals surface area contributed by atoms with Crippen molar-refractivity contribution < 1.29 is 41.3 Å². The van der Waals surface area contributed by atoms with Gasteiger partial charge in [0.2, 0.25) is 0 Å². The quantitative estimate of drug-likeness (QED) is 0.338. The summed E-state index contributed by atoms with van der Waals surface area (Å²) in [6.45, 7) is 0. The molecule has 0 aliphatic rings. The number of rotatable bonds is 0. The summed E-state index contributed by atoms with van der Waals surface area (Å²) >= 11 is -3.08. The Hall–Kier alpha value is 0.564. The van der Waals surface area contributed by atoms with Crippen LogP contribution >= 0.6 is 0 Å². The molecule has 0 saturated carbocycles. The third-order valence-electron chi connectivity index (χ3n) is 0. The molecule has 0 spiro atoms. The zero-order valence-corrected chi connectivity index (χ0v) is 4.72. The molecule has 0 fully saturated rings. The molecule has 31 valence electrons. The Morgan fingerprint density at radius 3 is 1.40 bits per heavy atom. The zero-order chi connectivity index (χ0) is 3.58. The van der Waals surface area contributed by atoms with Crippen molar-refractivity contribution in [3.8, 4) is 0 Å². The summed E-state index contributed by atoms with van der Waals surface area (Å²) in [6.07, 6.45) is 0. The van der Waals surface area contributed by atoms with Crippen molar-refractivity contribution >= 4 is 0 Å². The molecule has 0 amide bonds. The van der Waals surface area contributed by atoms with E-state index in [1.165, 1.54) is 0 Å². The second-order valence-electron chi connectivity index (χ2n) is 0.372. The van der Waals surface area contributed by atoms with Gasteiger partial charge in [-0.25, -0.2) is 0 Å². The van der Waals surface area contributed by atoms with E-state index in [0.717, 1.165) is 0 Å². The summed E-state index contributed by atoms with van der Waals surface area (Å²) in [5.74, 6) is 0. The van der Waals surface area contributed by atoms with Crippen molar-refractivity contribution in [3.05, 3.63) is 0 Å². The van der Waals surface area contributed by atoms with Gasteiger partial charge in [0.25, 0.3) is 0 Å². The van der Waals surface area contributed by atoms with Crippen molar-refractivity contribution in [2.24, 2.45) is 0 Å². The first-order valence-electron chi connectivity index (χ1n) is 0.762. The first kappa shape index (κ1) is 9.12. The van der Waals surface area contributed by atoms with Crippen LogP contribution < -0.4 is 16.6 Å². The molecule has 5 heteroatoms. The van der Waals surface area contributed by atoms with Crippen LogP contribution in [-0.4, -0.2) is 0 Å². The number of hydrogen-bond acceptors (Lipinski definition) is 2. The van der Waals surface area contributed by atoms with E-state index in [0.29, 0.717) is 0 Å². The Morgan fingerprint density at radius 2 is 1.40 bits per heavy atom. The van der Waals surface area contributed by atoms with Crippen molar-refractivity contribution in [2.75, 3.05) is 0 Å². The molecule has 3 N–H and O–H groups in total. The molecule has 0 heterocycles. The van der Waals surface area contributed by atoms with Gasteiger partial charge in [-0.05, 0) is 0 Å². The molecule has 0 unspecified atom stereocenters. The van der Waals surface area contributed by atoms with Crippen LogP contribution in [0.25, 0.3) is 0 Å². The Balaban J connectivity index is 0. The number of quaternary nitrogens is 1. The fourth-order valence-corrected chi connectivity index (χ4v) is 0. The number of halogens is 1. The Labute approximate surface area is 41.7 Å². The topological polar surface area (TPSA) is 61.8 Å². The maximum absolute atomic E-state index is 9.03. The second kappa shape index (κ2) is 4.56. The summed E-state index contributed by atoms with van der Waals surface area (Å²) in [7, 11) is 0. The van der Waals surface area contributed by atoms with Gasteiger partial charge in [-0.2, -0.15) is 0 Å². The normalized spacial score (nSPS) is 5.00. The molecular weight excluding hydrogens is 129 g/mol. The molecule has 0 radical (unpaired) electrons. The van der Waals surface area contributed by atoms with Gasteiger partial charge in [-0.1, -0.05) is 0 Å². The third kappa shape index (κ3) is 94.3. The summed E-state index contributed by atoms with van der Waals surface area (Å²) in [5, 5.41) is 0. The first-order valence-corrected chi connectivity index (χ1v) is 3.14. The molecule has 0 aromatic rings. The van der Waals surface area contributed by atoms with Gasteiger partial charge in [0.15, 0.2) is 0 Å². The standard InChI is InChI=1S/ClH.H3N.2O.Ti/h1H;1H3;;;/q;;;;+1/p-1. The molecule has 0 aromatic carbocycles. The summed E-state index contributed by atoms with van der Waals surface area (Å²) in [5.41, 5.74) is 0. The predicted octanol–water partition coefficient (Wildman–Crippen LogP) is -4.54. The minimum atomic E-state index is -3.08. The second-order valence-corrected chi connectivity index (χ2v) is 1.53. The minimum absolute atomic E-state index is 0. The van der Waals surface area contributed by atoms with Crippen molar-refractivity contribution in [1.82, 2.24) is 0 Å². The van der Waals surface area contributed by atoms with E-state index < -0.39 is 18.1 Å². The third-order valence-corrected chi connectivity index (χ3v) is 0. The Morgan fingerprint density at radius 1 is 1.40 bits per heavy atom. The van der Waals surface area contributed by atoms with Crippen molar-refractivity contribution in [2.45, 2.75) is 0 Å². The van der Waals surface area contributed by atoms with E-state index >= 15 is 0 Å². The molecule has 0 rings (SSSR count). The first-order chi connectivity index (χ1) is 1.73. The molecule has 0 bridgehead atoms. The molecule has 0 aromatic heterocycles. The summed E-state index contributed by atoms with van der Waals surface area (Å²) < 4.78 is 20.8. The van der Waals surface area contributed by atoms with Gasteiger partial charge in [0.1, 0.15) is 0 Å². The van der Waals surface area contributed by atoms with Crippen molar-refractivity contribution in [3.63, 3.8) is 0 Å². The van der Waals surface area contributed by atoms with Gasteiger partial charge in [0.05, 0.1) is 0 Å². The average Bonchev–Trinajstić information content (AvgIpc) is 0.811. The van der Waals surface area contributed by atoms with Gasteiger partial charge >= 0.3 is 28.9 Å². The van der Waals surface area contributed by atoms with Gasteiger partial charge in [-0.3, -0.25) is 0 Å². The summed E-state index contributed by atoms with van der Waals surface area (Å²) in [4.78, 5) is 0. The van der Waals surface area contributed by atoms with Crippen LogP contribution in [-0.2, 0) is 24.7 Å². The van der Waals surface area contributed by atoms with E-state index in [4.69, 9.17) is 6.65 Å². The predicted molar refractivity (Wildman–Crippen MR) is 4.26 cm³/mol. The fourth-order valence-electron chi connectivity index (χ4n) is 0. The average molecular weight is 132 g/mol. The zero-order valence-electron chi connectivity index (χ0n) is 2.40. The molecule has 0 saturated heterocycles. The van der Waals surface area contributed by atoms with Crippen LogP contribution in [0.5, 0.6) is 0 Å². The van der Waals surface area contributed by atoms with E-state index in [2.05, 4.69) is 4.22 Å². The van der Waals surface area contributed by atoms with Crippen LogP contribution in [0.1, 0.15) is 0 Å². The SMILES string of the molecule is [Cl-].[NH3+][Ti](=[O])=[O].